The molecule has 1 saturated carbocycles. The fourth-order valence-electron chi connectivity index (χ4n) is 2.71. The van der Waals surface area contributed by atoms with E-state index in [1.165, 1.54) is 0 Å². The molecular weight excluding hydrogens is 304 g/mol. The fourth-order valence-corrected chi connectivity index (χ4v) is 4.45. The summed E-state index contributed by atoms with van der Waals surface area (Å²) < 4.78 is 23.3. The molecule has 2 fully saturated rings. The SMILES string of the molecule is CCN(c1ccc(C(=O)NC2CC2)nn1)C1CCS(=O)(=O)C1. The standard InChI is InChI=1S/C14H20N4O3S/c1-2-18(11-7-8-22(20,21)9-11)13-6-5-12(16-17-13)14(19)15-10-3-4-10/h5-6,10-11H,2-4,7-9H2,1H3,(H,15,19). The topological polar surface area (TPSA) is 92.3 Å². The number of nitrogens with one attached hydrogen (secondary N) is 1. The first-order valence-corrected chi connectivity index (χ1v) is 9.42. The minimum absolute atomic E-state index is 0.0598. The van der Waals surface area contributed by atoms with Crippen LogP contribution in [0.5, 0.6) is 0 Å². The molecule has 0 radical (unpaired) electrons. The van der Waals surface area contributed by atoms with Gasteiger partial charge in [-0.15, -0.1) is 10.2 Å². The van der Waals surface area contributed by atoms with Gasteiger partial charge in [-0.25, -0.2) is 8.42 Å². The number of sulfone groups is 1. The highest BCUT2D eigenvalue weighted by molar-refractivity contribution is 7.91. The molecule has 1 saturated heterocycles. The summed E-state index contributed by atoms with van der Waals surface area (Å²) in [4.78, 5) is 13.8. The Morgan fingerprint density at radius 3 is 2.59 bits per heavy atom. The van der Waals surface area contributed by atoms with Gasteiger partial charge in [0.2, 0.25) is 0 Å². The minimum atomic E-state index is -2.94. The van der Waals surface area contributed by atoms with Gasteiger partial charge >= 0.3 is 0 Å². The summed E-state index contributed by atoms with van der Waals surface area (Å²) in [7, 11) is -2.94. The second-order valence-electron chi connectivity index (χ2n) is 5.87. The van der Waals surface area contributed by atoms with Crippen LogP contribution in [-0.4, -0.2) is 54.7 Å². The van der Waals surface area contributed by atoms with E-state index in [9.17, 15) is 13.2 Å². The molecule has 0 spiro atoms. The Hall–Kier alpha value is -1.70. The maximum Gasteiger partial charge on any atom is 0.272 e. The van der Waals surface area contributed by atoms with E-state index in [4.69, 9.17) is 0 Å². The van der Waals surface area contributed by atoms with E-state index < -0.39 is 9.84 Å². The molecule has 1 amide bonds. The molecule has 7 nitrogen and oxygen atoms in total. The summed E-state index contributed by atoms with van der Waals surface area (Å²) in [5.41, 5.74) is 0.297. The summed E-state index contributed by atoms with van der Waals surface area (Å²) in [6, 6.07) is 3.61. The Kier molecular flexibility index (Phi) is 4.03. The number of amides is 1. The Balaban J connectivity index is 1.71. The number of anilines is 1. The molecule has 2 aliphatic rings. The molecule has 1 aliphatic heterocycles. The normalized spacial score (nSPS) is 23.2. The maximum atomic E-state index is 11.9. The van der Waals surface area contributed by atoms with Crippen LogP contribution in [0, 0.1) is 0 Å². The first-order valence-electron chi connectivity index (χ1n) is 7.60. The molecular formula is C14H20N4O3S. The number of rotatable bonds is 5. The van der Waals surface area contributed by atoms with Crippen molar-refractivity contribution in [2.24, 2.45) is 0 Å². The quantitative estimate of drug-likeness (QED) is 0.842. The third kappa shape index (κ3) is 3.37. The average molecular weight is 324 g/mol. The number of hydrogen-bond acceptors (Lipinski definition) is 6. The molecule has 1 aromatic rings. The van der Waals surface area contributed by atoms with Crippen LogP contribution in [0.4, 0.5) is 5.82 Å². The predicted octanol–water partition coefficient (Wildman–Crippen LogP) is 0.382. The number of aromatic nitrogens is 2. The monoisotopic (exact) mass is 324 g/mol. The summed E-state index contributed by atoms with van der Waals surface area (Å²) in [5, 5.41) is 11.0. The fraction of sp³-hybridized carbons (Fsp3) is 0.643. The van der Waals surface area contributed by atoms with E-state index in [-0.39, 0.29) is 29.5 Å². The molecule has 1 atom stereocenters. The lowest BCUT2D eigenvalue weighted by Gasteiger charge is -2.27. The van der Waals surface area contributed by atoms with E-state index in [0.29, 0.717) is 24.5 Å². The van der Waals surface area contributed by atoms with Crippen LogP contribution in [0.25, 0.3) is 0 Å². The van der Waals surface area contributed by atoms with Gasteiger partial charge in [-0.1, -0.05) is 0 Å². The Labute approximate surface area is 130 Å². The second kappa shape index (κ2) is 5.83. The molecule has 1 aromatic heterocycles. The van der Waals surface area contributed by atoms with E-state index in [1.807, 2.05) is 11.8 Å². The van der Waals surface area contributed by atoms with E-state index in [2.05, 4.69) is 15.5 Å². The molecule has 1 N–H and O–H groups in total. The zero-order valence-corrected chi connectivity index (χ0v) is 13.3. The van der Waals surface area contributed by atoms with Gasteiger partial charge in [0, 0.05) is 18.6 Å². The van der Waals surface area contributed by atoms with Gasteiger partial charge in [0.15, 0.2) is 21.3 Å². The molecule has 22 heavy (non-hydrogen) atoms. The van der Waals surface area contributed by atoms with Crippen LogP contribution in [0.2, 0.25) is 0 Å². The van der Waals surface area contributed by atoms with Gasteiger partial charge in [-0.2, -0.15) is 0 Å². The first-order chi connectivity index (χ1) is 10.5. The number of hydrogen-bond donors (Lipinski definition) is 1. The predicted molar refractivity (Wildman–Crippen MR) is 82.6 cm³/mol. The molecule has 3 rings (SSSR count). The lowest BCUT2D eigenvalue weighted by Crippen LogP contribution is -2.37. The lowest BCUT2D eigenvalue weighted by molar-refractivity contribution is 0.0945. The first kappa shape index (κ1) is 15.2. The van der Waals surface area contributed by atoms with Crippen molar-refractivity contribution in [2.45, 2.75) is 38.3 Å². The van der Waals surface area contributed by atoms with Crippen molar-refractivity contribution in [3.05, 3.63) is 17.8 Å². The number of carbonyl (C=O) groups excluding carboxylic acids is 1. The van der Waals surface area contributed by atoms with Gasteiger partial charge in [-0.3, -0.25) is 4.79 Å². The molecule has 0 aromatic carbocycles. The average Bonchev–Trinajstić information content (AvgIpc) is 3.23. The van der Waals surface area contributed by atoms with Gasteiger partial charge in [0.05, 0.1) is 11.5 Å². The molecule has 1 unspecified atom stereocenters. The van der Waals surface area contributed by atoms with Crippen LogP contribution in [0.3, 0.4) is 0 Å². The van der Waals surface area contributed by atoms with Gasteiger partial charge in [-0.05, 0) is 38.3 Å². The summed E-state index contributed by atoms with van der Waals surface area (Å²) in [6.45, 7) is 2.61. The Morgan fingerprint density at radius 1 is 1.32 bits per heavy atom. The van der Waals surface area contributed by atoms with Gasteiger partial charge < -0.3 is 10.2 Å². The maximum absolute atomic E-state index is 11.9. The summed E-state index contributed by atoms with van der Waals surface area (Å²) in [6.07, 6.45) is 2.66. The highest BCUT2D eigenvalue weighted by Gasteiger charge is 2.32. The largest absolute Gasteiger partial charge is 0.351 e. The van der Waals surface area contributed by atoms with E-state index in [0.717, 1.165) is 12.8 Å². The summed E-state index contributed by atoms with van der Waals surface area (Å²) in [5.74, 6) is 0.802. The van der Waals surface area contributed by atoms with Crippen LogP contribution in [0.1, 0.15) is 36.7 Å². The number of nitrogens with zero attached hydrogens (tertiary/aromatic N) is 3. The van der Waals surface area contributed by atoms with Gasteiger partial charge in [0.25, 0.3) is 5.91 Å². The van der Waals surface area contributed by atoms with Crippen LogP contribution in [0.15, 0.2) is 12.1 Å². The van der Waals surface area contributed by atoms with E-state index >= 15 is 0 Å². The van der Waals surface area contributed by atoms with Crippen LogP contribution < -0.4 is 10.2 Å². The lowest BCUT2D eigenvalue weighted by atomic mass is 10.2. The van der Waals surface area contributed by atoms with Gasteiger partial charge in [0.1, 0.15) is 0 Å². The highest BCUT2D eigenvalue weighted by Crippen LogP contribution is 2.23. The Morgan fingerprint density at radius 2 is 2.09 bits per heavy atom. The second-order valence-corrected chi connectivity index (χ2v) is 8.10. The minimum Gasteiger partial charge on any atom is -0.351 e. The zero-order chi connectivity index (χ0) is 15.7. The van der Waals surface area contributed by atoms with Crippen molar-refractivity contribution in [3.8, 4) is 0 Å². The summed E-state index contributed by atoms with van der Waals surface area (Å²) >= 11 is 0. The van der Waals surface area contributed by atoms with Crippen molar-refractivity contribution >= 4 is 21.6 Å². The molecule has 8 heteroatoms. The Bertz CT molecular complexity index is 655. The molecule has 2 heterocycles. The van der Waals surface area contributed by atoms with Crippen molar-refractivity contribution in [2.75, 3.05) is 23.0 Å². The molecule has 0 bridgehead atoms. The van der Waals surface area contributed by atoms with Crippen LogP contribution in [-0.2, 0) is 9.84 Å². The third-order valence-corrected chi connectivity index (χ3v) is 5.83. The highest BCUT2D eigenvalue weighted by atomic mass is 32.2. The third-order valence-electron chi connectivity index (χ3n) is 4.08. The molecule has 1 aliphatic carbocycles. The van der Waals surface area contributed by atoms with Crippen LogP contribution >= 0.6 is 0 Å². The smallest absolute Gasteiger partial charge is 0.272 e. The zero-order valence-electron chi connectivity index (χ0n) is 12.5. The van der Waals surface area contributed by atoms with Crippen molar-refractivity contribution in [1.29, 1.82) is 0 Å². The van der Waals surface area contributed by atoms with Crippen molar-refractivity contribution < 1.29 is 13.2 Å². The van der Waals surface area contributed by atoms with Crippen molar-refractivity contribution in [3.63, 3.8) is 0 Å². The van der Waals surface area contributed by atoms with E-state index in [1.54, 1.807) is 12.1 Å². The van der Waals surface area contributed by atoms with Crippen molar-refractivity contribution in [1.82, 2.24) is 15.5 Å². The molecule has 120 valence electrons. The number of carbonyl (C=O) groups is 1.